The highest BCUT2D eigenvalue weighted by molar-refractivity contribution is 6.30. The number of hydrogen-bond acceptors (Lipinski definition) is 4. The average molecular weight is 358 g/mol. The Labute approximate surface area is 146 Å². The van der Waals surface area contributed by atoms with E-state index >= 15 is 0 Å². The Morgan fingerprint density at radius 1 is 1.08 bits per heavy atom. The van der Waals surface area contributed by atoms with E-state index in [1.165, 1.54) is 12.1 Å². The maximum Gasteiger partial charge on any atom is 0.357 e. The van der Waals surface area contributed by atoms with E-state index < -0.39 is 17.4 Å². The van der Waals surface area contributed by atoms with Crippen molar-refractivity contribution in [2.45, 2.75) is 6.42 Å². The Balaban J connectivity index is 1.94. The van der Waals surface area contributed by atoms with Gasteiger partial charge in [-0.25, -0.2) is 10.2 Å². The number of carbonyl (C=O) groups is 2. The second-order valence-electron chi connectivity index (χ2n) is 5.25. The molecule has 0 radical (unpaired) electrons. The molecule has 3 rings (SSSR count). The van der Waals surface area contributed by atoms with Crippen LogP contribution in [0.1, 0.15) is 16.1 Å². The largest absolute Gasteiger partial charge is 0.476 e. The molecule has 0 aliphatic carbocycles. The smallest absolute Gasteiger partial charge is 0.357 e. The van der Waals surface area contributed by atoms with Crippen molar-refractivity contribution in [1.29, 1.82) is 0 Å². The van der Waals surface area contributed by atoms with Gasteiger partial charge in [-0.05, 0) is 23.8 Å². The molecule has 0 bridgehead atoms. The van der Waals surface area contributed by atoms with Crippen LogP contribution >= 0.6 is 11.6 Å². The van der Waals surface area contributed by atoms with E-state index in [9.17, 15) is 19.5 Å². The van der Waals surface area contributed by atoms with E-state index in [0.29, 0.717) is 15.4 Å². The maximum absolute atomic E-state index is 12.4. The molecule has 0 atom stereocenters. The third-order valence-corrected chi connectivity index (χ3v) is 3.77. The van der Waals surface area contributed by atoms with Gasteiger partial charge >= 0.3 is 5.97 Å². The molecule has 1 aromatic heterocycles. The summed E-state index contributed by atoms with van der Waals surface area (Å²) in [7, 11) is 0. The van der Waals surface area contributed by atoms with Crippen molar-refractivity contribution in [3.8, 4) is 0 Å². The molecule has 0 unspecified atom stereocenters. The second-order valence-corrected chi connectivity index (χ2v) is 5.69. The summed E-state index contributed by atoms with van der Waals surface area (Å²) >= 11 is 5.79. The van der Waals surface area contributed by atoms with Crippen LogP contribution in [0.5, 0.6) is 0 Å². The fraction of sp³-hybridized carbons (Fsp3) is 0.0588. The minimum atomic E-state index is -1.29. The molecule has 0 aliphatic heterocycles. The Bertz CT molecular complexity index is 1030. The molecule has 1 heterocycles. The molecule has 7 nitrogen and oxygen atoms in total. The molecule has 126 valence electrons. The Hall–Kier alpha value is -3.19. The predicted molar refractivity (Wildman–Crippen MR) is 92.5 cm³/mol. The van der Waals surface area contributed by atoms with Crippen molar-refractivity contribution in [2.24, 2.45) is 0 Å². The van der Waals surface area contributed by atoms with Crippen molar-refractivity contribution in [2.75, 3.05) is 5.43 Å². The standard InChI is InChI=1S/C17H12ClN3O4/c18-11-7-5-10(6-8-11)9-14(22)19-21-16(23)13-4-2-1-3-12(13)15(20-21)17(24)25/h1-8H,9H2,(H,19,22)(H,24,25). The third kappa shape index (κ3) is 3.51. The van der Waals surface area contributed by atoms with Gasteiger partial charge in [-0.1, -0.05) is 41.9 Å². The molecule has 0 saturated carbocycles. The molecule has 0 aliphatic rings. The molecule has 25 heavy (non-hydrogen) atoms. The number of aromatic nitrogens is 2. The highest BCUT2D eigenvalue weighted by atomic mass is 35.5. The van der Waals surface area contributed by atoms with Gasteiger partial charge in [0.25, 0.3) is 5.56 Å². The van der Waals surface area contributed by atoms with Gasteiger partial charge < -0.3 is 5.11 Å². The first-order valence-corrected chi connectivity index (χ1v) is 7.63. The van der Waals surface area contributed by atoms with Gasteiger partial charge in [0.1, 0.15) is 0 Å². The predicted octanol–water partition coefficient (Wildman–Crippen LogP) is 2.06. The fourth-order valence-electron chi connectivity index (χ4n) is 2.37. The number of halogens is 1. The normalized spacial score (nSPS) is 10.6. The molecule has 0 saturated heterocycles. The Morgan fingerprint density at radius 2 is 1.72 bits per heavy atom. The summed E-state index contributed by atoms with van der Waals surface area (Å²) in [6.07, 6.45) is -0.0134. The van der Waals surface area contributed by atoms with Gasteiger partial charge in [0, 0.05) is 10.4 Å². The van der Waals surface area contributed by atoms with Gasteiger partial charge in [0.15, 0.2) is 5.69 Å². The average Bonchev–Trinajstić information content (AvgIpc) is 2.59. The Morgan fingerprint density at radius 3 is 2.36 bits per heavy atom. The summed E-state index contributed by atoms with van der Waals surface area (Å²) in [6.45, 7) is 0. The molecule has 0 fully saturated rings. The first-order valence-electron chi connectivity index (χ1n) is 7.25. The number of carboxylic acids is 1. The number of benzene rings is 2. The van der Waals surface area contributed by atoms with Gasteiger partial charge in [0.05, 0.1) is 11.8 Å². The van der Waals surface area contributed by atoms with E-state index in [2.05, 4.69) is 10.5 Å². The van der Waals surface area contributed by atoms with Crippen LogP contribution in [-0.4, -0.2) is 26.9 Å². The van der Waals surface area contributed by atoms with Crippen LogP contribution in [-0.2, 0) is 11.2 Å². The number of aromatic carboxylic acids is 1. The van der Waals surface area contributed by atoms with Crippen molar-refractivity contribution in [3.63, 3.8) is 0 Å². The van der Waals surface area contributed by atoms with Gasteiger partial charge in [-0.3, -0.25) is 9.59 Å². The number of hydrogen-bond donors (Lipinski definition) is 2. The van der Waals surface area contributed by atoms with E-state index in [0.717, 1.165) is 0 Å². The molecule has 8 heteroatoms. The molecule has 3 aromatic rings. The van der Waals surface area contributed by atoms with Crippen LogP contribution in [0.25, 0.3) is 10.8 Å². The first-order chi connectivity index (χ1) is 12.0. The van der Waals surface area contributed by atoms with Crippen molar-refractivity contribution in [3.05, 3.63) is 75.2 Å². The van der Waals surface area contributed by atoms with Crippen LogP contribution in [0, 0.1) is 0 Å². The lowest BCUT2D eigenvalue weighted by atomic mass is 10.1. The molecular weight excluding hydrogens is 346 g/mol. The summed E-state index contributed by atoms with van der Waals surface area (Å²) in [5, 5.41) is 13.9. The number of fused-ring (bicyclic) bond motifs is 1. The molecule has 2 N–H and O–H groups in total. The summed E-state index contributed by atoms with van der Waals surface area (Å²) in [6, 6.07) is 12.8. The summed E-state index contributed by atoms with van der Waals surface area (Å²) < 4.78 is 0. The minimum Gasteiger partial charge on any atom is -0.476 e. The van der Waals surface area contributed by atoms with Crippen LogP contribution in [0.15, 0.2) is 53.3 Å². The molecular formula is C17H12ClN3O4. The highest BCUT2D eigenvalue weighted by Gasteiger charge is 2.16. The number of rotatable bonds is 4. The van der Waals surface area contributed by atoms with Crippen LogP contribution in [0.2, 0.25) is 5.02 Å². The van der Waals surface area contributed by atoms with Gasteiger partial charge in [-0.2, -0.15) is 0 Å². The SMILES string of the molecule is O=C(Cc1ccc(Cl)cc1)Nn1nc(C(=O)O)c2ccccc2c1=O. The van der Waals surface area contributed by atoms with Crippen LogP contribution in [0.3, 0.4) is 0 Å². The summed E-state index contributed by atoms with van der Waals surface area (Å²) in [5.74, 6) is -1.81. The Kier molecular flexibility index (Phi) is 4.49. The van der Waals surface area contributed by atoms with E-state index in [4.69, 9.17) is 11.6 Å². The summed E-state index contributed by atoms with van der Waals surface area (Å²) in [4.78, 5) is 36.6. The van der Waals surface area contributed by atoms with Gasteiger partial charge in [-0.15, -0.1) is 9.89 Å². The quantitative estimate of drug-likeness (QED) is 0.744. The molecule has 2 aromatic carbocycles. The first kappa shape index (κ1) is 16.7. The number of amides is 1. The van der Waals surface area contributed by atoms with E-state index in [-0.39, 0.29) is 22.9 Å². The monoisotopic (exact) mass is 357 g/mol. The zero-order chi connectivity index (χ0) is 18.0. The van der Waals surface area contributed by atoms with Crippen LogP contribution < -0.4 is 11.0 Å². The molecule has 1 amide bonds. The number of carboxylic acid groups (broad SMARTS) is 1. The molecule has 0 spiro atoms. The highest BCUT2D eigenvalue weighted by Crippen LogP contribution is 2.13. The number of nitrogens with zero attached hydrogens (tertiary/aromatic N) is 2. The topological polar surface area (TPSA) is 101 Å². The lowest BCUT2D eigenvalue weighted by Gasteiger charge is -2.10. The third-order valence-electron chi connectivity index (χ3n) is 3.52. The maximum atomic E-state index is 12.4. The number of carbonyl (C=O) groups excluding carboxylic acids is 1. The minimum absolute atomic E-state index is 0.0134. The second kappa shape index (κ2) is 6.74. The van der Waals surface area contributed by atoms with Crippen molar-refractivity contribution >= 4 is 34.2 Å². The zero-order valence-corrected chi connectivity index (χ0v) is 13.5. The fourth-order valence-corrected chi connectivity index (χ4v) is 2.49. The van der Waals surface area contributed by atoms with Crippen molar-refractivity contribution in [1.82, 2.24) is 9.89 Å². The van der Waals surface area contributed by atoms with E-state index in [1.54, 1.807) is 36.4 Å². The summed E-state index contributed by atoms with van der Waals surface area (Å²) in [5.41, 5.74) is 2.08. The lowest BCUT2D eigenvalue weighted by Crippen LogP contribution is -2.37. The van der Waals surface area contributed by atoms with Crippen LogP contribution in [0.4, 0.5) is 0 Å². The van der Waals surface area contributed by atoms with Crippen molar-refractivity contribution < 1.29 is 14.7 Å². The zero-order valence-electron chi connectivity index (χ0n) is 12.8. The van der Waals surface area contributed by atoms with Gasteiger partial charge in [0.2, 0.25) is 5.91 Å². The lowest BCUT2D eigenvalue weighted by molar-refractivity contribution is -0.116. The van der Waals surface area contributed by atoms with E-state index in [1.807, 2.05) is 0 Å². The number of nitrogens with one attached hydrogen (secondary N) is 1.